The fraction of sp³-hybridized carbons (Fsp3) is 0.533. The molecule has 1 saturated carbocycles. The molecular weight excluding hydrogens is 257 g/mol. The lowest BCUT2D eigenvalue weighted by Crippen LogP contribution is -2.26. The smallest absolute Gasteiger partial charge is 0.147 e. The molecule has 0 aromatic heterocycles. The van der Waals surface area contributed by atoms with E-state index in [1.54, 1.807) is 0 Å². The van der Waals surface area contributed by atoms with Crippen molar-refractivity contribution >= 4 is 11.4 Å². The molecule has 0 bridgehead atoms. The highest BCUT2D eigenvalue weighted by atomic mass is 19.1. The number of hydrogen-bond acceptors (Lipinski definition) is 4. The summed E-state index contributed by atoms with van der Waals surface area (Å²) in [5.74, 6) is 0.867. The van der Waals surface area contributed by atoms with E-state index in [-0.39, 0.29) is 7.11 Å². The zero-order valence-electron chi connectivity index (χ0n) is 11.7. The number of piperidine rings is 1. The van der Waals surface area contributed by atoms with Gasteiger partial charge in [-0.15, -0.1) is 0 Å². The van der Waals surface area contributed by atoms with Crippen molar-refractivity contribution in [3.8, 4) is 5.75 Å². The highest BCUT2D eigenvalue weighted by Crippen LogP contribution is 2.44. The van der Waals surface area contributed by atoms with Gasteiger partial charge in [-0.05, 0) is 37.4 Å². The van der Waals surface area contributed by atoms with Crippen LogP contribution in [0.1, 0.15) is 26.3 Å². The number of rotatable bonds is 5. The summed E-state index contributed by atoms with van der Waals surface area (Å²) < 4.78 is 18.8. The molecule has 3 rings (SSSR count). The number of nitrogens with two attached hydrogens (primary N) is 1. The molecule has 0 amide bonds. The van der Waals surface area contributed by atoms with Crippen LogP contribution in [0.4, 0.5) is 10.1 Å². The Morgan fingerprint density at radius 1 is 1.60 bits per heavy atom. The van der Waals surface area contributed by atoms with Crippen molar-refractivity contribution in [2.75, 3.05) is 25.9 Å². The third-order valence-electron chi connectivity index (χ3n) is 4.47. The van der Waals surface area contributed by atoms with E-state index in [2.05, 4.69) is 4.90 Å². The van der Waals surface area contributed by atoms with Crippen LogP contribution >= 0.6 is 0 Å². The molecule has 1 heterocycles. The van der Waals surface area contributed by atoms with Crippen LogP contribution in [0.2, 0.25) is 0 Å². The quantitative estimate of drug-likeness (QED) is 0.643. The van der Waals surface area contributed by atoms with Crippen molar-refractivity contribution < 1.29 is 10.6 Å². The second-order valence-corrected chi connectivity index (χ2v) is 5.65. The maximum Gasteiger partial charge on any atom is 0.147 e. The van der Waals surface area contributed by atoms with Gasteiger partial charge in [-0.1, -0.05) is 0 Å². The van der Waals surface area contributed by atoms with Crippen LogP contribution in [0.3, 0.4) is 0 Å². The average molecular weight is 279 g/mol. The van der Waals surface area contributed by atoms with Crippen molar-refractivity contribution in [3.05, 3.63) is 23.5 Å². The Morgan fingerprint density at radius 3 is 3.00 bits per heavy atom. The summed E-state index contributed by atoms with van der Waals surface area (Å²) in [5.41, 5.74) is 6.54. The van der Waals surface area contributed by atoms with Gasteiger partial charge in [0.05, 0.1) is 18.4 Å². The summed E-state index contributed by atoms with van der Waals surface area (Å²) in [6.45, 7) is 1.97. The molecule has 20 heavy (non-hydrogen) atoms. The minimum atomic E-state index is -0.492. The number of anilines is 1. The average Bonchev–Trinajstić information content (AvgIpc) is 3.12. The number of nitrogen functional groups attached to an aromatic ring is 1. The zero-order chi connectivity index (χ0) is 14.3. The van der Waals surface area contributed by atoms with Crippen molar-refractivity contribution in [3.63, 3.8) is 0 Å². The van der Waals surface area contributed by atoms with Crippen LogP contribution in [0.25, 0.3) is 0 Å². The van der Waals surface area contributed by atoms with E-state index < -0.39 is 5.82 Å². The number of benzene rings is 1. The van der Waals surface area contributed by atoms with Crippen LogP contribution in [0, 0.1) is 17.1 Å². The zero-order valence-corrected chi connectivity index (χ0v) is 11.7. The highest BCUT2D eigenvalue weighted by Gasteiger charge is 2.46. The van der Waals surface area contributed by atoms with Gasteiger partial charge in [-0.3, -0.25) is 4.90 Å². The maximum atomic E-state index is 13.6. The highest BCUT2D eigenvalue weighted by molar-refractivity contribution is 6.05. The minimum absolute atomic E-state index is 0. The van der Waals surface area contributed by atoms with E-state index in [1.807, 2.05) is 0 Å². The van der Waals surface area contributed by atoms with Gasteiger partial charge in [0.15, 0.2) is 0 Å². The summed E-state index contributed by atoms with van der Waals surface area (Å²) in [6, 6.07) is 3.54. The first-order valence-electron chi connectivity index (χ1n) is 7.05. The molecule has 1 aromatic carbocycles. The predicted octanol–water partition coefficient (Wildman–Crippen LogP) is 2.51. The number of methoxy groups -OCH3 is 1. The number of likely N-dealkylation sites (tertiary alicyclic amines) is 1. The van der Waals surface area contributed by atoms with Gasteiger partial charge in [0.25, 0.3) is 0 Å². The molecule has 2 unspecified atom stereocenters. The second-order valence-electron chi connectivity index (χ2n) is 5.65. The van der Waals surface area contributed by atoms with Gasteiger partial charge in [0.2, 0.25) is 0 Å². The normalized spacial score (nSPS) is 24.5. The van der Waals surface area contributed by atoms with E-state index in [9.17, 15) is 4.39 Å². The first-order chi connectivity index (χ1) is 9.61. The first kappa shape index (κ1) is 13.4. The number of halogens is 1. The molecule has 2 atom stereocenters. The standard InChI is InChI=1S/C15H20FN3O.H2/c1-20-13-3-2-10(16)15(18)14(13)11(17)5-7-19-6-4-9-8-12(9)19;/h2-3,9,12,17H,4-8,18H2,1H3;1H. The summed E-state index contributed by atoms with van der Waals surface area (Å²) in [5, 5.41) is 8.20. The molecule has 3 N–H and O–H groups in total. The van der Waals surface area contributed by atoms with Crippen molar-refractivity contribution in [2.24, 2.45) is 5.92 Å². The molecule has 4 nitrogen and oxygen atoms in total. The molecule has 2 aliphatic rings. The molecule has 1 saturated heterocycles. The summed E-state index contributed by atoms with van der Waals surface area (Å²) in [6.07, 6.45) is 3.16. The monoisotopic (exact) mass is 279 g/mol. The summed E-state index contributed by atoms with van der Waals surface area (Å²) in [7, 11) is 1.51. The van der Waals surface area contributed by atoms with Gasteiger partial charge >= 0.3 is 0 Å². The largest absolute Gasteiger partial charge is 0.496 e. The van der Waals surface area contributed by atoms with E-state index in [0.29, 0.717) is 23.4 Å². The number of hydrogen-bond donors (Lipinski definition) is 2. The Hall–Kier alpha value is -1.62. The lowest BCUT2D eigenvalue weighted by molar-refractivity contribution is 0.309. The molecule has 5 heteroatoms. The van der Waals surface area contributed by atoms with Crippen LogP contribution in [-0.4, -0.2) is 36.9 Å². The minimum Gasteiger partial charge on any atom is -0.496 e. The van der Waals surface area contributed by atoms with Crippen LogP contribution in [-0.2, 0) is 0 Å². The summed E-state index contributed by atoms with van der Waals surface area (Å²) in [4.78, 5) is 2.43. The Kier molecular flexibility index (Phi) is 3.38. The molecule has 0 spiro atoms. The molecule has 2 fully saturated rings. The van der Waals surface area contributed by atoms with E-state index in [0.717, 1.165) is 25.0 Å². The third-order valence-corrected chi connectivity index (χ3v) is 4.47. The summed E-state index contributed by atoms with van der Waals surface area (Å²) >= 11 is 0. The maximum absolute atomic E-state index is 13.6. The SMILES string of the molecule is COc1ccc(F)c(N)c1C(=N)CCN1CCC2CC21.[HH]. The Bertz CT molecular complexity index is 552. The number of fused-ring (bicyclic) bond motifs is 1. The number of nitrogens with one attached hydrogen (secondary N) is 1. The van der Waals surface area contributed by atoms with E-state index in [1.165, 1.54) is 32.1 Å². The lowest BCUT2D eigenvalue weighted by Gasteiger charge is -2.19. The van der Waals surface area contributed by atoms with Crippen molar-refractivity contribution in [1.29, 1.82) is 5.41 Å². The molecule has 0 radical (unpaired) electrons. The number of nitrogens with zero attached hydrogens (tertiary/aromatic N) is 1. The molecule has 110 valence electrons. The van der Waals surface area contributed by atoms with Crippen molar-refractivity contribution in [1.82, 2.24) is 4.90 Å². The molecule has 1 aliphatic heterocycles. The van der Waals surface area contributed by atoms with Gasteiger partial charge in [0.1, 0.15) is 11.6 Å². The van der Waals surface area contributed by atoms with E-state index in [4.69, 9.17) is 15.9 Å². The molecular formula is C15H22FN3O. The fourth-order valence-corrected chi connectivity index (χ4v) is 3.20. The lowest BCUT2D eigenvalue weighted by atomic mass is 10.0. The number of ether oxygens (including phenoxy) is 1. The second kappa shape index (κ2) is 5.05. The Balaban J connectivity index is 0.00000161. The Morgan fingerprint density at radius 2 is 2.40 bits per heavy atom. The van der Waals surface area contributed by atoms with Gasteiger partial charge in [-0.2, -0.15) is 0 Å². The first-order valence-corrected chi connectivity index (χ1v) is 7.05. The third kappa shape index (κ3) is 2.26. The Labute approximate surface area is 119 Å². The van der Waals surface area contributed by atoms with Gasteiger partial charge < -0.3 is 15.9 Å². The molecule has 1 aromatic rings. The van der Waals surface area contributed by atoms with Gasteiger partial charge in [-0.25, -0.2) is 4.39 Å². The fourth-order valence-electron chi connectivity index (χ4n) is 3.20. The van der Waals surface area contributed by atoms with E-state index >= 15 is 0 Å². The van der Waals surface area contributed by atoms with Crippen molar-refractivity contribution in [2.45, 2.75) is 25.3 Å². The van der Waals surface area contributed by atoms with Crippen LogP contribution < -0.4 is 10.5 Å². The van der Waals surface area contributed by atoms with Crippen LogP contribution in [0.5, 0.6) is 5.75 Å². The predicted molar refractivity (Wildman–Crippen MR) is 79.0 cm³/mol. The topological polar surface area (TPSA) is 62.3 Å². The molecule has 1 aliphatic carbocycles. The van der Waals surface area contributed by atoms with Gasteiger partial charge in [0, 0.05) is 26.1 Å². The van der Waals surface area contributed by atoms with Crippen LogP contribution in [0.15, 0.2) is 12.1 Å².